The highest BCUT2D eigenvalue weighted by Gasteiger charge is 2.30. The molecule has 8 nitrogen and oxygen atoms in total. The number of methoxy groups -OCH3 is 1. The fraction of sp³-hybridized carbons (Fsp3) is 0.400. The largest absolute Gasteiger partial charge is 0.467 e. The highest BCUT2D eigenvalue weighted by atomic mass is 16.5. The number of amides is 2. The van der Waals surface area contributed by atoms with Crippen LogP contribution in [0.3, 0.4) is 0 Å². The number of carbonyl (C=O) groups is 2. The lowest BCUT2D eigenvalue weighted by atomic mass is 9.84. The van der Waals surface area contributed by atoms with Gasteiger partial charge in [-0.15, -0.1) is 0 Å². The number of nitrogens with zero attached hydrogens (tertiary/aromatic N) is 3. The molecule has 0 saturated heterocycles. The number of hydrogen-bond donors (Lipinski definition) is 2. The SMILES string of the molecule is COc1nc(N)c2c(n1)CCN(c1ccc(C(C)(C)CNC(C)=O)cc1)C2=O. The molecule has 0 saturated carbocycles. The molecule has 3 N–H and O–H groups in total. The van der Waals surface area contributed by atoms with E-state index in [1.54, 1.807) is 4.90 Å². The van der Waals surface area contributed by atoms with Crippen molar-refractivity contribution < 1.29 is 14.3 Å². The quantitative estimate of drug-likeness (QED) is 0.813. The number of fused-ring (bicyclic) bond motifs is 1. The van der Waals surface area contributed by atoms with Gasteiger partial charge >= 0.3 is 6.01 Å². The van der Waals surface area contributed by atoms with E-state index in [0.717, 1.165) is 11.3 Å². The second-order valence-corrected chi connectivity index (χ2v) is 7.46. The summed E-state index contributed by atoms with van der Waals surface area (Å²) in [5, 5.41) is 2.85. The normalized spacial score (nSPS) is 13.9. The third-order valence-corrected chi connectivity index (χ3v) is 4.94. The summed E-state index contributed by atoms with van der Waals surface area (Å²) in [6.07, 6.45) is 0.569. The zero-order chi connectivity index (χ0) is 20.5. The van der Waals surface area contributed by atoms with Crippen LogP contribution >= 0.6 is 0 Å². The van der Waals surface area contributed by atoms with Crippen molar-refractivity contribution in [3.8, 4) is 6.01 Å². The molecule has 1 aromatic heterocycles. The number of benzene rings is 1. The monoisotopic (exact) mass is 383 g/mol. The molecular formula is C20H25N5O3. The molecule has 28 heavy (non-hydrogen) atoms. The number of anilines is 2. The van der Waals surface area contributed by atoms with Gasteiger partial charge in [0.05, 0.1) is 12.8 Å². The van der Waals surface area contributed by atoms with Gasteiger partial charge in [0.1, 0.15) is 11.4 Å². The van der Waals surface area contributed by atoms with Gasteiger partial charge in [-0.3, -0.25) is 9.59 Å². The molecule has 148 valence electrons. The molecule has 0 fully saturated rings. The molecule has 2 amide bonds. The smallest absolute Gasteiger partial charge is 0.318 e. The van der Waals surface area contributed by atoms with Gasteiger partial charge in [0.25, 0.3) is 5.91 Å². The maximum atomic E-state index is 13.0. The van der Waals surface area contributed by atoms with E-state index in [-0.39, 0.29) is 29.1 Å². The first kappa shape index (κ1) is 19.6. The average Bonchev–Trinajstić information content (AvgIpc) is 2.66. The van der Waals surface area contributed by atoms with Crippen LogP contribution in [0.1, 0.15) is 42.4 Å². The number of hydrogen-bond acceptors (Lipinski definition) is 6. The minimum atomic E-state index is -0.225. The molecule has 0 bridgehead atoms. The van der Waals surface area contributed by atoms with Crippen LogP contribution in [0.25, 0.3) is 0 Å². The van der Waals surface area contributed by atoms with Gasteiger partial charge in [-0.1, -0.05) is 26.0 Å². The van der Waals surface area contributed by atoms with Crippen molar-refractivity contribution in [1.82, 2.24) is 15.3 Å². The lowest BCUT2D eigenvalue weighted by Crippen LogP contribution is -2.39. The molecule has 3 rings (SSSR count). The molecule has 0 radical (unpaired) electrons. The molecule has 0 unspecified atom stereocenters. The van der Waals surface area contributed by atoms with Crippen molar-refractivity contribution in [2.75, 3.05) is 30.8 Å². The summed E-state index contributed by atoms with van der Waals surface area (Å²) in [5.41, 5.74) is 8.55. The van der Waals surface area contributed by atoms with Crippen molar-refractivity contribution in [1.29, 1.82) is 0 Å². The van der Waals surface area contributed by atoms with E-state index < -0.39 is 0 Å². The van der Waals surface area contributed by atoms with Crippen LogP contribution in [0.15, 0.2) is 24.3 Å². The topological polar surface area (TPSA) is 110 Å². The molecule has 1 aromatic carbocycles. The molecule has 0 spiro atoms. The summed E-state index contributed by atoms with van der Waals surface area (Å²) in [5.74, 6) is -0.144. The maximum absolute atomic E-state index is 13.0. The first-order chi connectivity index (χ1) is 13.2. The minimum absolute atomic E-state index is 0.0567. The summed E-state index contributed by atoms with van der Waals surface area (Å²) >= 11 is 0. The van der Waals surface area contributed by atoms with Crippen LogP contribution < -0.4 is 20.7 Å². The Kier molecular flexibility index (Phi) is 5.22. The Labute approximate surface area is 164 Å². The van der Waals surface area contributed by atoms with Crippen molar-refractivity contribution in [3.63, 3.8) is 0 Å². The Balaban J connectivity index is 1.83. The predicted octanol–water partition coefficient (Wildman–Crippen LogP) is 1.68. The van der Waals surface area contributed by atoms with Crippen LogP contribution in [0, 0.1) is 0 Å². The average molecular weight is 383 g/mol. The lowest BCUT2D eigenvalue weighted by molar-refractivity contribution is -0.119. The maximum Gasteiger partial charge on any atom is 0.318 e. The standard InChI is InChI=1S/C20H25N5O3/c1-12(26)22-11-20(2,3)13-5-7-14(8-6-13)25-10-9-15-16(18(25)27)17(21)24-19(23-15)28-4/h5-8H,9-11H2,1-4H3,(H,22,26)(H2,21,23,24). The molecule has 2 heterocycles. The zero-order valence-electron chi connectivity index (χ0n) is 16.6. The number of aromatic nitrogens is 2. The summed E-state index contributed by atoms with van der Waals surface area (Å²) in [6.45, 7) is 6.66. The number of nitrogens with two attached hydrogens (primary N) is 1. The number of ether oxygens (including phenoxy) is 1. The van der Waals surface area contributed by atoms with Crippen molar-refractivity contribution in [3.05, 3.63) is 41.1 Å². The van der Waals surface area contributed by atoms with E-state index in [1.165, 1.54) is 14.0 Å². The number of nitrogens with one attached hydrogen (secondary N) is 1. The van der Waals surface area contributed by atoms with Crippen molar-refractivity contribution >= 4 is 23.3 Å². The Morgan fingerprint density at radius 3 is 2.57 bits per heavy atom. The first-order valence-corrected chi connectivity index (χ1v) is 9.10. The highest BCUT2D eigenvalue weighted by molar-refractivity contribution is 6.10. The molecular weight excluding hydrogens is 358 g/mol. The van der Waals surface area contributed by atoms with Crippen LogP contribution in [-0.2, 0) is 16.6 Å². The van der Waals surface area contributed by atoms with E-state index in [0.29, 0.717) is 30.8 Å². The predicted molar refractivity (Wildman–Crippen MR) is 107 cm³/mol. The van der Waals surface area contributed by atoms with Crippen LogP contribution in [0.5, 0.6) is 6.01 Å². The van der Waals surface area contributed by atoms with E-state index in [9.17, 15) is 9.59 Å². The first-order valence-electron chi connectivity index (χ1n) is 9.10. The molecule has 8 heteroatoms. The number of carbonyl (C=O) groups excluding carboxylic acids is 2. The van der Waals surface area contributed by atoms with E-state index in [4.69, 9.17) is 10.5 Å². The van der Waals surface area contributed by atoms with Crippen molar-refractivity contribution in [2.45, 2.75) is 32.6 Å². The Hall–Kier alpha value is -3.16. The van der Waals surface area contributed by atoms with E-state index in [2.05, 4.69) is 29.1 Å². The van der Waals surface area contributed by atoms with Gasteiger partial charge in [0.15, 0.2) is 0 Å². The molecule has 1 aliphatic heterocycles. The molecule has 2 aromatic rings. The third kappa shape index (κ3) is 3.76. The second kappa shape index (κ2) is 7.46. The molecule has 0 atom stereocenters. The Morgan fingerprint density at radius 2 is 1.96 bits per heavy atom. The van der Waals surface area contributed by atoms with Crippen LogP contribution in [0.4, 0.5) is 11.5 Å². The fourth-order valence-corrected chi connectivity index (χ4v) is 3.25. The van der Waals surface area contributed by atoms with E-state index >= 15 is 0 Å². The van der Waals surface area contributed by atoms with Gasteiger partial charge in [0, 0.05) is 37.5 Å². The summed E-state index contributed by atoms with van der Waals surface area (Å²) in [7, 11) is 1.47. The zero-order valence-corrected chi connectivity index (χ0v) is 16.6. The summed E-state index contributed by atoms with van der Waals surface area (Å²) < 4.78 is 5.03. The summed E-state index contributed by atoms with van der Waals surface area (Å²) in [6, 6.07) is 7.95. The van der Waals surface area contributed by atoms with Gasteiger partial charge in [-0.2, -0.15) is 9.97 Å². The minimum Gasteiger partial charge on any atom is -0.467 e. The number of nitrogen functional groups attached to an aromatic ring is 1. The van der Waals surface area contributed by atoms with Gasteiger partial charge in [-0.25, -0.2) is 0 Å². The number of rotatable bonds is 5. The van der Waals surface area contributed by atoms with Crippen molar-refractivity contribution in [2.24, 2.45) is 0 Å². The van der Waals surface area contributed by atoms with Gasteiger partial charge < -0.3 is 20.7 Å². The Morgan fingerprint density at radius 1 is 1.29 bits per heavy atom. The second-order valence-electron chi connectivity index (χ2n) is 7.46. The summed E-state index contributed by atoms with van der Waals surface area (Å²) in [4.78, 5) is 34.1. The Bertz CT molecular complexity index is 909. The lowest BCUT2D eigenvalue weighted by Gasteiger charge is -2.30. The molecule has 0 aliphatic carbocycles. The molecule has 1 aliphatic rings. The van der Waals surface area contributed by atoms with Gasteiger partial charge in [-0.05, 0) is 17.7 Å². The third-order valence-electron chi connectivity index (χ3n) is 4.94. The fourth-order valence-electron chi connectivity index (χ4n) is 3.25. The van der Waals surface area contributed by atoms with Crippen LogP contribution in [-0.4, -0.2) is 42.0 Å². The van der Waals surface area contributed by atoms with E-state index in [1.807, 2.05) is 24.3 Å². The van der Waals surface area contributed by atoms with Crippen LogP contribution in [0.2, 0.25) is 0 Å². The van der Waals surface area contributed by atoms with Gasteiger partial charge in [0.2, 0.25) is 5.91 Å². The highest BCUT2D eigenvalue weighted by Crippen LogP contribution is 2.30.